The Morgan fingerprint density at radius 2 is 2.19 bits per heavy atom. The average molecular weight is 394 g/mol. The number of allylic oxidation sites excluding steroid dienone is 1. The Morgan fingerprint density at radius 1 is 1.50 bits per heavy atom. The molecule has 9 heteroatoms. The maximum absolute atomic E-state index is 14.6. The Kier molecular flexibility index (Phi) is 4.69. The molecular formula is C17H13ClFN3O3S. The first-order chi connectivity index (χ1) is 12.3. The summed E-state index contributed by atoms with van der Waals surface area (Å²) >= 11 is 7.27. The Hall–Kier alpha value is -2.50. The van der Waals surface area contributed by atoms with E-state index in [-0.39, 0.29) is 38.5 Å². The van der Waals surface area contributed by atoms with Crippen molar-refractivity contribution in [2.24, 2.45) is 5.73 Å². The van der Waals surface area contributed by atoms with Gasteiger partial charge >= 0.3 is 5.97 Å². The smallest absolute Gasteiger partial charge is 0.337 e. The van der Waals surface area contributed by atoms with Gasteiger partial charge in [-0.15, -0.1) is 0 Å². The van der Waals surface area contributed by atoms with Crippen molar-refractivity contribution in [3.8, 4) is 6.07 Å². The molecule has 0 radical (unpaired) electrons. The van der Waals surface area contributed by atoms with Crippen LogP contribution in [-0.2, 0) is 14.3 Å². The lowest BCUT2D eigenvalue weighted by Crippen LogP contribution is -2.38. The fraction of sp³-hybridized carbons (Fsp3) is 0.235. The number of nitriles is 1. The van der Waals surface area contributed by atoms with E-state index in [9.17, 15) is 19.2 Å². The topological polar surface area (TPSA) is 96.4 Å². The van der Waals surface area contributed by atoms with Crippen molar-refractivity contribution in [2.45, 2.75) is 18.1 Å². The number of rotatable bonds is 2. The second-order valence-electron chi connectivity index (χ2n) is 5.62. The quantitative estimate of drug-likeness (QED) is 0.776. The lowest BCUT2D eigenvalue weighted by atomic mass is 9.82. The van der Waals surface area contributed by atoms with E-state index in [2.05, 4.69) is 0 Å². The molecule has 1 fully saturated rings. The van der Waals surface area contributed by atoms with Crippen LogP contribution in [0.4, 0.5) is 4.39 Å². The number of hydrogen-bond donors (Lipinski definition) is 1. The fourth-order valence-corrected chi connectivity index (χ4v) is 4.45. The van der Waals surface area contributed by atoms with E-state index in [1.807, 2.05) is 6.07 Å². The number of nitrogens with two attached hydrogens (primary N) is 1. The summed E-state index contributed by atoms with van der Waals surface area (Å²) in [6.45, 7) is 1.65. The molecule has 0 unspecified atom stereocenters. The van der Waals surface area contributed by atoms with Crippen molar-refractivity contribution in [3.63, 3.8) is 0 Å². The molecule has 0 aromatic heterocycles. The molecule has 134 valence electrons. The highest BCUT2D eigenvalue weighted by Gasteiger charge is 2.48. The largest absolute Gasteiger partial charge is 0.466 e. The minimum Gasteiger partial charge on any atom is -0.466 e. The van der Waals surface area contributed by atoms with Crippen molar-refractivity contribution in [3.05, 3.63) is 56.6 Å². The summed E-state index contributed by atoms with van der Waals surface area (Å²) in [7, 11) is 1.17. The molecule has 0 bridgehead atoms. The van der Waals surface area contributed by atoms with E-state index in [4.69, 9.17) is 22.1 Å². The number of ether oxygens (including phenoxy) is 1. The number of esters is 1. The zero-order valence-electron chi connectivity index (χ0n) is 13.7. The molecule has 1 amide bonds. The molecular weight excluding hydrogens is 381 g/mol. The summed E-state index contributed by atoms with van der Waals surface area (Å²) in [5.41, 5.74) is 5.83. The van der Waals surface area contributed by atoms with Crippen LogP contribution >= 0.6 is 23.4 Å². The van der Waals surface area contributed by atoms with Crippen LogP contribution in [0, 0.1) is 17.1 Å². The Balaban J connectivity index is 2.37. The van der Waals surface area contributed by atoms with Crippen molar-refractivity contribution in [1.29, 1.82) is 5.26 Å². The fourth-order valence-electron chi connectivity index (χ4n) is 3.01. The van der Waals surface area contributed by atoms with Gasteiger partial charge in [0, 0.05) is 10.6 Å². The summed E-state index contributed by atoms with van der Waals surface area (Å²) in [5.74, 6) is -3.15. The maximum atomic E-state index is 14.6. The van der Waals surface area contributed by atoms with Gasteiger partial charge in [0.25, 0.3) is 0 Å². The molecule has 2 heterocycles. The zero-order chi connectivity index (χ0) is 19.2. The number of halogens is 2. The predicted molar refractivity (Wildman–Crippen MR) is 93.9 cm³/mol. The third-order valence-electron chi connectivity index (χ3n) is 4.20. The number of hydrogen-bond acceptors (Lipinski definition) is 6. The van der Waals surface area contributed by atoms with E-state index in [1.54, 1.807) is 6.92 Å². The van der Waals surface area contributed by atoms with Gasteiger partial charge in [0.2, 0.25) is 5.91 Å². The van der Waals surface area contributed by atoms with Gasteiger partial charge in [-0.3, -0.25) is 9.69 Å². The van der Waals surface area contributed by atoms with Crippen molar-refractivity contribution in [2.75, 3.05) is 7.11 Å². The minimum atomic E-state index is -1.17. The molecule has 1 aromatic carbocycles. The van der Waals surface area contributed by atoms with Gasteiger partial charge in [0.05, 0.1) is 40.5 Å². The number of methoxy groups -OCH3 is 1. The lowest BCUT2D eigenvalue weighted by molar-refractivity contribution is -0.136. The number of amides is 1. The van der Waals surface area contributed by atoms with Gasteiger partial charge in [-0.25, -0.2) is 9.18 Å². The van der Waals surface area contributed by atoms with Gasteiger partial charge in [-0.2, -0.15) is 5.26 Å². The van der Waals surface area contributed by atoms with E-state index in [0.717, 1.165) is 16.7 Å². The van der Waals surface area contributed by atoms with Crippen LogP contribution in [0.3, 0.4) is 0 Å². The molecule has 2 N–H and O–H groups in total. The first kappa shape index (κ1) is 18.3. The van der Waals surface area contributed by atoms with E-state index < -0.39 is 23.0 Å². The SMILES string of the molecule is COC(=O)C1=C2S[C@@H](C)C(=O)N2C(N)=C(C#N)[C@H]1c1c(F)cccc1Cl. The summed E-state index contributed by atoms with van der Waals surface area (Å²) in [6.07, 6.45) is 0. The Morgan fingerprint density at radius 3 is 2.77 bits per heavy atom. The number of fused-ring (bicyclic) bond motifs is 1. The monoisotopic (exact) mass is 393 g/mol. The summed E-state index contributed by atoms with van der Waals surface area (Å²) in [6, 6.07) is 5.94. The molecule has 0 aliphatic carbocycles. The molecule has 2 aliphatic rings. The third kappa shape index (κ3) is 2.55. The van der Waals surface area contributed by atoms with Gasteiger partial charge in [-0.05, 0) is 19.1 Å². The highest BCUT2D eigenvalue weighted by molar-refractivity contribution is 8.04. The van der Waals surface area contributed by atoms with Crippen LogP contribution < -0.4 is 5.73 Å². The molecule has 6 nitrogen and oxygen atoms in total. The zero-order valence-corrected chi connectivity index (χ0v) is 15.3. The van der Waals surface area contributed by atoms with E-state index in [1.165, 1.54) is 25.3 Å². The van der Waals surface area contributed by atoms with Crippen LogP contribution in [0.25, 0.3) is 0 Å². The summed E-state index contributed by atoms with van der Waals surface area (Å²) in [5, 5.41) is 9.40. The Bertz CT molecular complexity index is 917. The maximum Gasteiger partial charge on any atom is 0.337 e. The molecule has 2 atom stereocenters. The van der Waals surface area contributed by atoms with Gasteiger partial charge in [0.1, 0.15) is 11.6 Å². The first-order valence-electron chi connectivity index (χ1n) is 7.50. The molecule has 26 heavy (non-hydrogen) atoms. The lowest BCUT2D eigenvalue weighted by Gasteiger charge is -2.31. The van der Waals surface area contributed by atoms with Crippen LogP contribution in [0.1, 0.15) is 18.4 Å². The van der Waals surface area contributed by atoms with Gasteiger partial charge in [0.15, 0.2) is 0 Å². The molecule has 1 aromatic rings. The number of carbonyl (C=O) groups is 2. The van der Waals surface area contributed by atoms with Crippen molar-refractivity contribution in [1.82, 2.24) is 4.90 Å². The minimum absolute atomic E-state index is 0.0343. The Labute approximate surface area is 158 Å². The highest BCUT2D eigenvalue weighted by atomic mass is 35.5. The van der Waals surface area contributed by atoms with Crippen LogP contribution in [-0.4, -0.2) is 29.1 Å². The molecule has 0 saturated carbocycles. The van der Waals surface area contributed by atoms with Crippen LogP contribution in [0.15, 0.2) is 40.2 Å². The molecule has 1 saturated heterocycles. The normalized spacial score (nSPS) is 22.4. The summed E-state index contributed by atoms with van der Waals surface area (Å²) in [4.78, 5) is 26.1. The number of carbonyl (C=O) groups excluding carboxylic acids is 2. The van der Waals surface area contributed by atoms with Gasteiger partial charge < -0.3 is 10.5 Å². The van der Waals surface area contributed by atoms with Crippen molar-refractivity contribution < 1.29 is 18.7 Å². The third-order valence-corrected chi connectivity index (χ3v) is 5.71. The second kappa shape index (κ2) is 6.67. The number of nitrogens with zero attached hydrogens (tertiary/aromatic N) is 2. The number of thioether (sulfide) groups is 1. The molecule has 2 aliphatic heterocycles. The van der Waals surface area contributed by atoms with Gasteiger partial charge in [-0.1, -0.05) is 29.4 Å². The predicted octanol–water partition coefficient (Wildman–Crippen LogP) is 2.62. The average Bonchev–Trinajstić information content (AvgIpc) is 2.89. The van der Waals surface area contributed by atoms with Crippen LogP contribution in [0.2, 0.25) is 5.02 Å². The standard InChI is InChI=1S/C17H13ClFN3O3S/c1-7-15(23)22-14(21)8(6-20)11(12-9(18)4-3-5-10(12)19)13(16(22)26-7)17(24)25-2/h3-5,7,11H,21H2,1-2H3/t7-,11-/m0/s1. The summed E-state index contributed by atoms with van der Waals surface area (Å²) < 4.78 is 19.4. The highest BCUT2D eigenvalue weighted by Crippen LogP contribution is 2.50. The second-order valence-corrected chi connectivity index (χ2v) is 7.36. The van der Waals surface area contributed by atoms with Crippen LogP contribution in [0.5, 0.6) is 0 Å². The number of benzene rings is 1. The molecule has 3 rings (SSSR count). The molecule has 0 spiro atoms. The van der Waals surface area contributed by atoms with E-state index >= 15 is 0 Å². The first-order valence-corrected chi connectivity index (χ1v) is 8.76. The van der Waals surface area contributed by atoms with E-state index in [0.29, 0.717) is 0 Å². The van der Waals surface area contributed by atoms with Crippen molar-refractivity contribution >= 4 is 35.2 Å².